The number of hydrogen-bond donors (Lipinski definition) is 2. The van der Waals surface area contributed by atoms with Gasteiger partial charge in [0.15, 0.2) is 0 Å². The Bertz CT molecular complexity index is 404. The van der Waals surface area contributed by atoms with Gasteiger partial charge in [0.2, 0.25) is 5.91 Å². The zero-order valence-corrected chi connectivity index (χ0v) is 11.2. The minimum Gasteiger partial charge on any atom is -0.382 e. The average Bonchev–Trinajstić information content (AvgIpc) is 2.27. The Kier molecular flexibility index (Phi) is 4.82. The molecule has 0 saturated heterocycles. The van der Waals surface area contributed by atoms with Gasteiger partial charge in [-0.3, -0.25) is 4.79 Å². The largest absolute Gasteiger partial charge is 0.382 e. The SMILES string of the molecule is CCC(Nc1ccc(Cl)c(C(N)=O)c1)C(C)C. The number of carbonyl (C=O) groups excluding carboxylic acids is 1. The zero-order valence-electron chi connectivity index (χ0n) is 10.5. The number of nitrogens with one attached hydrogen (secondary N) is 1. The van der Waals surface area contributed by atoms with Crippen LogP contribution in [0.5, 0.6) is 0 Å². The predicted octanol–water partition coefficient (Wildman–Crippen LogP) is 3.29. The molecule has 94 valence electrons. The number of benzene rings is 1. The molecule has 0 aliphatic carbocycles. The van der Waals surface area contributed by atoms with Crippen LogP contribution < -0.4 is 11.1 Å². The lowest BCUT2D eigenvalue weighted by Crippen LogP contribution is -2.24. The smallest absolute Gasteiger partial charge is 0.250 e. The van der Waals surface area contributed by atoms with Crippen LogP contribution in [0, 0.1) is 5.92 Å². The van der Waals surface area contributed by atoms with Crippen LogP contribution in [0.15, 0.2) is 18.2 Å². The van der Waals surface area contributed by atoms with Gasteiger partial charge in [-0.1, -0.05) is 32.4 Å². The van der Waals surface area contributed by atoms with E-state index >= 15 is 0 Å². The maximum Gasteiger partial charge on any atom is 0.250 e. The van der Waals surface area contributed by atoms with E-state index in [0.717, 1.165) is 12.1 Å². The average molecular weight is 255 g/mol. The summed E-state index contributed by atoms with van der Waals surface area (Å²) in [5.41, 5.74) is 6.49. The van der Waals surface area contributed by atoms with Gasteiger partial charge < -0.3 is 11.1 Å². The molecule has 17 heavy (non-hydrogen) atoms. The van der Waals surface area contributed by atoms with E-state index in [0.29, 0.717) is 22.5 Å². The third kappa shape index (κ3) is 3.63. The summed E-state index contributed by atoms with van der Waals surface area (Å²) >= 11 is 5.90. The molecule has 1 aromatic rings. The third-order valence-corrected chi connectivity index (χ3v) is 3.16. The van der Waals surface area contributed by atoms with Gasteiger partial charge >= 0.3 is 0 Å². The number of anilines is 1. The standard InChI is InChI=1S/C13H19ClN2O/c1-4-12(8(2)3)16-9-5-6-11(14)10(7-9)13(15)17/h5-8,12,16H,4H2,1-3H3,(H2,15,17). The van der Waals surface area contributed by atoms with Gasteiger partial charge in [-0.25, -0.2) is 0 Å². The van der Waals surface area contributed by atoms with Crippen molar-refractivity contribution in [3.63, 3.8) is 0 Å². The van der Waals surface area contributed by atoms with Crippen molar-refractivity contribution in [3.05, 3.63) is 28.8 Å². The summed E-state index contributed by atoms with van der Waals surface area (Å²) in [5, 5.41) is 3.77. The first-order chi connectivity index (χ1) is 7.95. The summed E-state index contributed by atoms with van der Waals surface area (Å²) in [6.07, 6.45) is 1.02. The van der Waals surface area contributed by atoms with E-state index in [1.807, 2.05) is 6.07 Å². The number of hydrogen-bond acceptors (Lipinski definition) is 2. The molecule has 1 aromatic carbocycles. The lowest BCUT2D eigenvalue weighted by Gasteiger charge is -2.22. The predicted molar refractivity (Wildman–Crippen MR) is 72.5 cm³/mol. The first-order valence-electron chi connectivity index (χ1n) is 5.81. The molecule has 4 heteroatoms. The molecule has 0 aliphatic heterocycles. The van der Waals surface area contributed by atoms with E-state index in [1.54, 1.807) is 12.1 Å². The van der Waals surface area contributed by atoms with E-state index < -0.39 is 5.91 Å². The molecule has 0 saturated carbocycles. The Morgan fingerprint density at radius 3 is 2.59 bits per heavy atom. The molecule has 0 aliphatic rings. The molecule has 0 radical (unpaired) electrons. The zero-order chi connectivity index (χ0) is 13.0. The van der Waals surface area contributed by atoms with Gasteiger partial charge in [0, 0.05) is 11.7 Å². The quantitative estimate of drug-likeness (QED) is 0.847. The number of rotatable bonds is 5. The highest BCUT2D eigenvalue weighted by Crippen LogP contribution is 2.22. The Labute approximate surface area is 107 Å². The monoisotopic (exact) mass is 254 g/mol. The number of carbonyl (C=O) groups is 1. The van der Waals surface area contributed by atoms with Crippen LogP contribution in [0.3, 0.4) is 0 Å². The normalized spacial score (nSPS) is 12.5. The molecule has 1 unspecified atom stereocenters. The minimum atomic E-state index is -0.503. The number of primary amides is 1. The Balaban J connectivity index is 2.92. The highest BCUT2D eigenvalue weighted by molar-refractivity contribution is 6.33. The van der Waals surface area contributed by atoms with Crippen molar-refractivity contribution in [2.75, 3.05) is 5.32 Å². The molecule has 0 aromatic heterocycles. The third-order valence-electron chi connectivity index (χ3n) is 2.83. The van der Waals surface area contributed by atoms with Crippen molar-refractivity contribution in [1.82, 2.24) is 0 Å². The summed E-state index contributed by atoms with van der Waals surface area (Å²) in [6, 6.07) is 5.63. The van der Waals surface area contributed by atoms with Crippen LogP contribution in [0.1, 0.15) is 37.6 Å². The lowest BCUT2D eigenvalue weighted by atomic mass is 10.0. The number of amides is 1. The van der Waals surface area contributed by atoms with E-state index in [2.05, 4.69) is 26.1 Å². The molecular weight excluding hydrogens is 236 g/mol. The summed E-state index contributed by atoms with van der Waals surface area (Å²) in [7, 11) is 0. The maximum absolute atomic E-state index is 11.2. The van der Waals surface area contributed by atoms with Gasteiger partial charge in [-0.05, 0) is 30.5 Å². The first kappa shape index (κ1) is 13.8. The van der Waals surface area contributed by atoms with Gasteiger partial charge in [0.05, 0.1) is 10.6 Å². The van der Waals surface area contributed by atoms with Crippen molar-refractivity contribution in [2.45, 2.75) is 33.2 Å². The van der Waals surface area contributed by atoms with Gasteiger partial charge in [-0.15, -0.1) is 0 Å². The van der Waals surface area contributed by atoms with Crippen LogP contribution in [0.25, 0.3) is 0 Å². The molecule has 0 bridgehead atoms. The topological polar surface area (TPSA) is 55.1 Å². The summed E-state index contributed by atoms with van der Waals surface area (Å²) in [5.74, 6) is 0.0175. The van der Waals surface area contributed by atoms with Crippen LogP contribution in [0.2, 0.25) is 5.02 Å². The fourth-order valence-electron chi connectivity index (χ4n) is 1.76. The number of nitrogens with two attached hydrogens (primary N) is 1. The maximum atomic E-state index is 11.2. The fourth-order valence-corrected chi connectivity index (χ4v) is 1.97. The second-order valence-electron chi connectivity index (χ2n) is 4.46. The summed E-state index contributed by atoms with van der Waals surface area (Å²) in [6.45, 7) is 6.45. The van der Waals surface area contributed by atoms with E-state index in [-0.39, 0.29) is 0 Å². The lowest BCUT2D eigenvalue weighted by molar-refractivity contribution is 0.100. The molecule has 0 fully saturated rings. The Morgan fingerprint density at radius 1 is 1.47 bits per heavy atom. The van der Waals surface area contributed by atoms with E-state index in [9.17, 15) is 4.79 Å². The first-order valence-corrected chi connectivity index (χ1v) is 6.19. The van der Waals surface area contributed by atoms with Crippen LogP contribution in [-0.4, -0.2) is 11.9 Å². The molecular formula is C13H19ClN2O. The molecule has 1 rings (SSSR count). The van der Waals surface area contributed by atoms with Crippen molar-refractivity contribution in [2.24, 2.45) is 11.7 Å². The second kappa shape index (κ2) is 5.92. The van der Waals surface area contributed by atoms with Crippen LogP contribution in [-0.2, 0) is 0 Å². The molecule has 3 nitrogen and oxygen atoms in total. The van der Waals surface area contributed by atoms with Gasteiger partial charge in [0.1, 0.15) is 0 Å². The number of halogens is 1. The van der Waals surface area contributed by atoms with E-state index in [4.69, 9.17) is 17.3 Å². The Hall–Kier alpha value is -1.22. The highest BCUT2D eigenvalue weighted by Gasteiger charge is 2.12. The van der Waals surface area contributed by atoms with E-state index in [1.165, 1.54) is 0 Å². The van der Waals surface area contributed by atoms with Crippen molar-refractivity contribution >= 4 is 23.2 Å². The molecule has 0 heterocycles. The second-order valence-corrected chi connectivity index (χ2v) is 4.87. The van der Waals surface area contributed by atoms with Crippen molar-refractivity contribution < 1.29 is 4.79 Å². The Morgan fingerprint density at radius 2 is 2.12 bits per heavy atom. The molecule has 0 spiro atoms. The van der Waals surface area contributed by atoms with Crippen molar-refractivity contribution in [3.8, 4) is 0 Å². The van der Waals surface area contributed by atoms with Crippen molar-refractivity contribution in [1.29, 1.82) is 0 Å². The molecule has 3 N–H and O–H groups in total. The highest BCUT2D eigenvalue weighted by atomic mass is 35.5. The molecule has 1 amide bonds. The van der Waals surface area contributed by atoms with Crippen LogP contribution in [0.4, 0.5) is 5.69 Å². The van der Waals surface area contributed by atoms with Gasteiger partial charge in [0.25, 0.3) is 0 Å². The fraction of sp³-hybridized carbons (Fsp3) is 0.462. The summed E-state index contributed by atoms with van der Waals surface area (Å²) < 4.78 is 0. The minimum absolute atomic E-state index is 0.357. The van der Waals surface area contributed by atoms with Gasteiger partial charge in [-0.2, -0.15) is 0 Å². The summed E-state index contributed by atoms with van der Waals surface area (Å²) in [4.78, 5) is 11.2. The van der Waals surface area contributed by atoms with Crippen LogP contribution >= 0.6 is 11.6 Å². The molecule has 1 atom stereocenters.